The number of halogens is 1. The Bertz CT molecular complexity index is 759. The summed E-state index contributed by atoms with van der Waals surface area (Å²) in [6.07, 6.45) is -9.96. The third-order valence-electron chi connectivity index (χ3n) is 4.21. The lowest BCUT2D eigenvalue weighted by Gasteiger charge is -2.43. The summed E-state index contributed by atoms with van der Waals surface area (Å²) in [7, 11) is 0. The van der Waals surface area contributed by atoms with Crippen LogP contribution in [0, 0.1) is 0 Å². The summed E-state index contributed by atoms with van der Waals surface area (Å²) in [5.41, 5.74) is 0. The molecule has 0 spiro atoms. The van der Waals surface area contributed by atoms with Crippen molar-refractivity contribution < 1.29 is 48.3 Å². The molecule has 0 N–H and O–H groups in total. The highest BCUT2D eigenvalue weighted by atomic mass is 79.9. The summed E-state index contributed by atoms with van der Waals surface area (Å²) in [6, 6.07) is 0. The first-order valence-corrected chi connectivity index (χ1v) is 11.6. The van der Waals surface area contributed by atoms with Crippen LogP contribution in [0.25, 0.3) is 0 Å². The molecule has 0 radical (unpaired) electrons. The molecule has 32 heavy (non-hydrogen) atoms. The fourth-order valence-corrected chi connectivity index (χ4v) is 3.52. The van der Waals surface area contributed by atoms with Crippen molar-refractivity contribution in [2.24, 2.45) is 0 Å². The minimum absolute atomic E-state index is 0.118. The van der Waals surface area contributed by atoms with E-state index in [1.54, 1.807) is 27.7 Å². The van der Waals surface area contributed by atoms with E-state index in [2.05, 4.69) is 15.9 Å². The first-order chi connectivity index (χ1) is 16.9. The van der Waals surface area contributed by atoms with Gasteiger partial charge in [0.15, 0.2) is 23.3 Å². The molecule has 9 nitrogen and oxygen atoms in total. The van der Waals surface area contributed by atoms with Gasteiger partial charge in [0.05, 0.1) is 0 Å². The molecule has 1 fully saturated rings. The van der Waals surface area contributed by atoms with Crippen LogP contribution in [-0.4, -0.2) is 59.9 Å². The van der Waals surface area contributed by atoms with Crippen LogP contribution in [0.2, 0.25) is 0 Å². The molecular formula is C22H35BrO9. The van der Waals surface area contributed by atoms with Crippen LogP contribution in [0.15, 0.2) is 0 Å². The Morgan fingerprint density at radius 2 is 1.12 bits per heavy atom. The Morgan fingerprint density at radius 1 is 0.719 bits per heavy atom. The number of ether oxygens (including phenoxy) is 5. The van der Waals surface area contributed by atoms with Gasteiger partial charge in [-0.2, -0.15) is 0 Å². The van der Waals surface area contributed by atoms with Gasteiger partial charge < -0.3 is 23.7 Å². The van der Waals surface area contributed by atoms with Gasteiger partial charge in [0.1, 0.15) is 12.7 Å². The summed E-state index contributed by atoms with van der Waals surface area (Å²) in [4.78, 5) is 49.6. The summed E-state index contributed by atoms with van der Waals surface area (Å²) in [5.74, 6) is -3.73. The first-order valence-electron chi connectivity index (χ1n) is 13.0. The van der Waals surface area contributed by atoms with Gasteiger partial charge in [-0.3, -0.25) is 19.2 Å². The van der Waals surface area contributed by atoms with E-state index in [4.69, 9.17) is 29.2 Å². The van der Waals surface area contributed by atoms with E-state index in [0.29, 0.717) is 0 Å². The van der Waals surface area contributed by atoms with E-state index < -0.39 is 85.5 Å². The molecule has 0 aromatic heterocycles. The average molecular weight is 527 g/mol. The van der Waals surface area contributed by atoms with Gasteiger partial charge in [-0.25, -0.2) is 0 Å². The third-order valence-corrected chi connectivity index (χ3v) is 4.94. The molecule has 1 aliphatic heterocycles. The molecule has 0 saturated carbocycles. The predicted molar refractivity (Wildman–Crippen MR) is 118 cm³/mol. The number of hydrogen-bond acceptors (Lipinski definition) is 9. The van der Waals surface area contributed by atoms with Crippen LogP contribution < -0.4 is 0 Å². The number of carbonyl (C=O) groups excluding carboxylic acids is 4. The molecule has 1 aliphatic rings. The van der Waals surface area contributed by atoms with E-state index in [0.717, 1.165) is 0 Å². The van der Waals surface area contributed by atoms with Gasteiger partial charge in [-0.05, 0) is 25.7 Å². The summed E-state index contributed by atoms with van der Waals surface area (Å²) < 4.78 is 58.5. The number of hydrogen-bond donors (Lipinski definition) is 0. The second-order valence-electron chi connectivity index (χ2n) is 6.81. The second-order valence-corrected chi connectivity index (χ2v) is 7.71. The molecule has 0 bridgehead atoms. The van der Waals surface area contributed by atoms with Crippen molar-refractivity contribution in [2.45, 2.75) is 108 Å². The highest BCUT2D eigenvalue weighted by Crippen LogP contribution is 2.32. The molecule has 1 saturated heterocycles. The lowest BCUT2D eigenvalue weighted by Crippen LogP contribution is -2.61. The van der Waals surface area contributed by atoms with Crippen LogP contribution in [0.5, 0.6) is 0 Å². The monoisotopic (exact) mass is 526 g/mol. The normalized spacial score (nSPS) is 30.7. The number of esters is 4. The van der Waals surface area contributed by atoms with Crippen molar-refractivity contribution in [3.8, 4) is 0 Å². The van der Waals surface area contributed by atoms with Crippen molar-refractivity contribution in [1.82, 2.24) is 0 Å². The lowest BCUT2D eigenvalue weighted by molar-refractivity contribution is -0.238. The van der Waals surface area contributed by atoms with Crippen molar-refractivity contribution in [2.75, 3.05) is 6.61 Å². The van der Waals surface area contributed by atoms with Gasteiger partial charge in [-0.15, -0.1) is 0 Å². The van der Waals surface area contributed by atoms with E-state index in [-0.39, 0.29) is 25.7 Å². The molecule has 0 aromatic carbocycles. The van der Waals surface area contributed by atoms with E-state index in [1.165, 1.54) is 0 Å². The van der Waals surface area contributed by atoms with Gasteiger partial charge in [0, 0.05) is 31.1 Å². The highest BCUT2D eigenvalue weighted by molar-refractivity contribution is 9.09. The standard InChI is InChI=1S/C22H35BrO9/c1-5-9-15(24)28-13-14-19(30-16(25)10-6-2)20(31-17(26)11-7-3)21(22(23)29-14)32-18(27)12-8-4/h14,19-22H,5-13H2,1-4H3/t14-,19-,20+,21-,22?/m1/s1/i9D,10D,11D,12D/t9?,10?,11?,12?,14-,19-,20+,21-,22?. The van der Waals surface area contributed by atoms with E-state index >= 15 is 0 Å². The molecular weight excluding hydrogens is 488 g/mol. The molecule has 0 aliphatic carbocycles. The second kappa shape index (κ2) is 15.2. The molecule has 9 atom stereocenters. The van der Waals surface area contributed by atoms with Crippen molar-refractivity contribution in [3.63, 3.8) is 0 Å². The van der Waals surface area contributed by atoms with Crippen molar-refractivity contribution in [1.29, 1.82) is 0 Å². The molecule has 0 amide bonds. The van der Waals surface area contributed by atoms with Gasteiger partial charge in [0.2, 0.25) is 0 Å². The fraction of sp³-hybridized carbons (Fsp3) is 0.818. The van der Waals surface area contributed by atoms with Crippen LogP contribution in [-0.2, 0) is 42.9 Å². The van der Waals surface area contributed by atoms with E-state index in [9.17, 15) is 19.2 Å². The molecule has 1 rings (SSSR count). The lowest BCUT2D eigenvalue weighted by atomic mass is 9.99. The maximum Gasteiger partial charge on any atom is 0.306 e. The van der Waals surface area contributed by atoms with Crippen LogP contribution in [0.3, 0.4) is 0 Å². The zero-order valence-corrected chi connectivity index (χ0v) is 20.4. The number of carbonyl (C=O) groups is 4. The Balaban J connectivity index is 3.38. The Labute approximate surface area is 203 Å². The number of rotatable bonds is 13. The fourth-order valence-electron chi connectivity index (χ4n) is 2.84. The molecule has 10 heteroatoms. The van der Waals surface area contributed by atoms with Crippen LogP contribution in [0.4, 0.5) is 0 Å². The Morgan fingerprint density at radius 3 is 1.59 bits per heavy atom. The van der Waals surface area contributed by atoms with Gasteiger partial charge in [-0.1, -0.05) is 43.6 Å². The molecule has 0 aromatic rings. The predicted octanol–water partition coefficient (Wildman–Crippen LogP) is 3.59. The zero-order chi connectivity index (χ0) is 27.6. The summed E-state index contributed by atoms with van der Waals surface area (Å²) in [6.45, 7) is 5.93. The highest BCUT2D eigenvalue weighted by Gasteiger charge is 2.51. The Hall–Kier alpha value is -1.68. The molecule has 184 valence electrons. The third kappa shape index (κ3) is 9.44. The summed E-state index contributed by atoms with van der Waals surface area (Å²) >= 11 is 3.21. The van der Waals surface area contributed by atoms with Gasteiger partial charge >= 0.3 is 23.9 Å². The smallest absolute Gasteiger partial charge is 0.306 e. The average Bonchev–Trinajstić information content (AvgIpc) is 2.88. The molecule has 1 heterocycles. The summed E-state index contributed by atoms with van der Waals surface area (Å²) in [5, 5.41) is -1.14. The molecule has 5 unspecified atom stereocenters. The Kier molecular flexibility index (Phi) is 10.5. The minimum Gasteiger partial charge on any atom is -0.463 e. The number of alkyl halides is 1. The van der Waals surface area contributed by atoms with Crippen molar-refractivity contribution in [3.05, 3.63) is 0 Å². The van der Waals surface area contributed by atoms with E-state index in [1.807, 2.05) is 0 Å². The minimum atomic E-state index is -1.50. The largest absolute Gasteiger partial charge is 0.463 e. The maximum absolute atomic E-state index is 12.6. The van der Waals surface area contributed by atoms with Gasteiger partial charge in [0.25, 0.3) is 0 Å². The van der Waals surface area contributed by atoms with Crippen molar-refractivity contribution >= 4 is 39.8 Å². The zero-order valence-electron chi connectivity index (χ0n) is 22.8. The maximum atomic E-state index is 12.6. The van der Waals surface area contributed by atoms with Crippen LogP contribution in [0.1, 0.15) is 84.4 Å². The SMILES string of the molecule is [2H]C(CC)C(=O)OC[C@H]1OC(Br)[C@H](OC(=O)C([2H])CC)[C@@H](OC(=O)C([2H])CC)[C@@H]1OC(=O)C([2H])CC. The first kappa shape index (κ1) is 22.1. The quantitative estimate of drug-likeness (QED) is 0.201. The van der Waals surface area contributed by atoms with Crippen LogP contribution >= 0.6 is 15.9 Å². The topological polar surface area (TPSA) is 114 Å².